The van der Waals surface area contributed by atoms with E-state index in [9.17, 15) is 14.4 Å². The Morgan fingerprint density at radius 1 is 1.16 bits per heavy atom. The lowest BCUT2D eigenvalue weighted by molar-refractivity contribution is 0.102. The Bertz CT molecular complexity index is 926. The zero-order valence-corrected chi connectivity index (χ0v) is 15.3. The van der Waals surface area contributed by atoms with Gasteiger partial charge in [0.15, 0.2) is 0 Å². The second-order valence-corrected chi connectivity index (χ2v) is 6.56. The molecule has 0 unspecified atom stereocenters. The van der Waals surface area contributed by atoms with Crippen LogP contribution < -0.4 is 11.2 Å². The lowest BCUT2D eigenvalue weighted by Crippen LogP contribution is -2.37. The summed E-state index contributed by atoms with van der Waals surface area (Å²) in [6.45, 7) is 9.58. The molecule has 0 amide bonds. The zero-order valence-electron chi connectivity index (χ0n) is 15.3. The Hall–Kier alpha value is -2.69. The van der Waals surface area contributed by atoms with Gasteiger partial charge in [0, 0.05) is 17.7 Å². The van der Waals surface area contributed by atoms with E-state index < -0.39 is 11.2 Å². The number of rotatable bonds is 5. The first-order chi connectivity index (χ1) is 11.8. The molecular weight excluding hydrogens is 316 g/mol. The standard InChI is InChI=1S/C20H24N2O3/c1-6-7-8-22-17(16(12(2)3)19(24)21-20(22)25)18(23)15-10-13(4)9-14(5)11-15/h6-7,9-12H,8H2,1-5H3,(H,21,24,25)/b7-6-. The average molecular weight is 340 g/mol. The molecule has 2 rings (SSSR count). The highest BCUT2D eigenvalue weighted by atomic mass is 16.2. The van der Waals surface area contributed by atoms with Gasteiger partial charge in [-0.2, -0.15) is 0 Å². The van der Waals surface area contributed by atoms with Crippen LogP contribution in [0.25, 0.3) is 0 Å². The molecule has 1 N–H and O–H groups in total. The van der Waals surface area contributed by atoms with Crippen molar-refractivity contribution in [2.75, 3.05) is 0 Å². The van der Waals surface area contributed by atoms with E-state index in [2.05, 4.69) is 4.98 Å². The van der Waals surface area contributed by atoms with Gasteiger partial charge in [-0.1, -0.05) is 43.2 Å². The molecule has 5 heteroatoms. The highest BCUT2D eigenvalue weighted by Gasteiger charge is 2.24. The molecule has 0 saturated heterocycles. The van der Waals surface area contributed by atoms with Crippen LogP contribution in [0.5, 0.6) is 0 Å². The predicted molar refractivity (Wildman–Crippen MR) is 99.6 cm³/mol. The SMILES string of the molecule is C/C=C\Cn1c(C(=O)c2cc(C)cc(C)c2)c(C(C)C)c(=O)[nH]c1=O. The number of aromatic amines is 1. The van der Waals surface area contributed by atoms with Crippen LogP contribution in [0, 0.1) is 13.8 Å². The third-order valence-corrected chi connectivity index (χ3v) is 4.04. The van der Waals surface area contributed by atoms with Crippen molar-refractivity contribution in [2.45, 2.75) is 47.1 Å². The summed E-state index contributed by atoms with van der Waals surface area (Å²) < 4.78 is 1.34. The maximum Gasteiger partial charge on any atom is 0.329 e. The molecule has 5 nitrogen and oxygen atoms in total. The van der Waals surface area contributed by atoms with E-state index in [0.717, 1.165) is 11.1 Å². The Kier molecular flexibility index (Phi) is 5.57. The highest BCUT2D eigenvalue weighted by Crippen LogP contribution is 2.19. The van der Waals surface area contributed by atoms with Crippen molar-refractivity contribution in [3.63, 3.8) is 0 Å². The lowest BCUT2D eigenvalue weighted by Gasteiger charge is -2.16. The summed E-state index contributed by atoms with van der Waals surface area (Å²) in [5.74, 6) is -0.491. The number of ketones is 1. The minimum atomic E-state index is -0.569. The number of H-pyrrole nitrogens is 1. The molecular formula is C20H24N2O3. The second-order valence-electron chi connectivity index (χ2n) is 6.56. The smallest absolute Gasteiger partial charge is 0.287 e. The zero-order chi connectivity index (χ0) is 18.7. The Labute approximate surface area is 147 Å². The van der Waals surface area contributed by atoms with Crippen molar-refractivity contribution in [2.24, 2.45) is 0 Å². The van der Waals surface area contributed by atoms with Crippen molar-refractivity contribution >= 4 is 5.78 Å². The van der Waals surface area contributed by atoms with Crippen LogP contribution in [0.15, 0.2) is 39.9 Å². The largest absolute Gasteiger partial charge is 0.329 e. The first kappa shape index (κ1) is 18.6. The van der Waals surface area contributed by atoms with Gasteiger partial charge < -0.3 is 0 Å². The summed E-state index contributed by atoms with van der Waals surface area (Å²) in [5.41, 5.74) is 1.85. The summed E-state index contributed by atoms with van der Waals surface area (Å²) in [4.78, 5) is 40.3. The fraction of sp³-hybridized carbons (Fsp3) is 0.350. The van der Waals surface area contributed by atoms with E-state index in [-0.39, 0.29) is 23.9 Å². The van der Waals surface area contributed by atoms with Gasteiger partial charge in [-0.3, -0.25) is 19.1 Å². The number of hydrogen-bond donors (Lipinski definition) is 1. The molecule has 132 valence electrons. The molecule has 1 heterocycles. The van der Waals surface area contributed by atoms with Gasteiger partial charge in [-0.25, -0.2) is 4.79 Å². The monoisotopic (exact) mass is 340 g/mol. The molecule has 0 aliphatic carbocycles. The molecule has 0 saturated carbocycles. The van der Waals surface area contributed by atoms with E-state index in [4.69, 9.17) is 0 Å². The topological polar surface area (TPSA) is 71.9 Å². The maximum atomic E-state index is 13.2. The molecule has 0 spiro atoms. The Morgan fingerprint density at radius 2 is 1.76 bits per heavy atom. The molecule has 25 heavy (non-hydrogen) atoms. The summed E-state index contributed by atoms with van der Waals surface area (Å²) in [5, 5.41) is 0. The molecule has 2 aromatic rings. The van der Waals surface area contributed by atoms with Gasteiger partial charge in [0.25, 0.3) is 5.56 Å². The third-order valence-electron chi connectivity index (χ3n) is 4.04. The van der Waals surface area contributed by atoms with Crippen LogP contribution >= 0.6 is 0 Å². The van der Waals surface area contributed by atoms with Crippen molar-refractivity contribution in [3.8, 4) is 0 Å². The molecule has 1 aromatic heterocycles. The number of allylic oxidation sites excluding steroid dienone is 2. The number of benzene rings is 1. The molecule has 0 bridgehead atoms. The fourth-order valence-corrected chi connectivity index (χ4v) is 2.99. The quantitative estimate of drug-likeness (QED) is 0.671. The minimum absolute atomic E-state index is 0.173. The van der Waals surface area contributed by atoms with Crippen LogP contribution in [-0.2, 0) is 6.54 Å². The number of nitrogens with zero attached hydrogens (tertiary/aromatic N) is 1. The second kappa shape index (κ2) is 7.47. The van der Waals surface area contributed by atoms with Crippen molar-refractivity contribution in [3.05, 3.63) is 79.1 Å². The first-order valence-electron chi connectivity index (χ1n) is 8.37. The van der Waals surface area contributed by atoms with Crippen molar-refractivity contribution in [1.82, 2.24) is 9.55 Å². The number of aryl methyl sites for hydroxylation is 2. The number of hydrogen-bond acceptors (Lipinski definition) is 3. The number of nitrogens with one attached hydrogen (secondary N) is 1. The number of carbonyl (C=O) groups excluding carboxylic acids is 1. The molecule has 0 aliphatic rings. The van der Waals surface area contributed by atoms with E-state index >= 15 is 0 Å². The molecule has 0 atom stereocenters. The van der Waals surface area contributed by atoms with Crippen molar-refractivity contribution in [1.29, 1.82) is 0 Å². The Balaban J connectivity index is 2.82. The summed E-state index contributed by atoms with van der Waals surface area (Å²) >= 11 is 0. The summed E-state index contributed by atoms with van der Waals surface area (Å²) in [6.07, 6.45) is 3.58. The normalized spacial score (nSPS) is 11.4. The van der Waals surface area contributed by atoms with Crippen LogP contribution in [0.2, 0.25) is 0 Å². The Morgan fingerprint density at radius 3 is 2.28 bits per heavy atom. The molecule has 1 aromatic carbocycles. The van der Waals surface area contributed by atoms with E-state index in [1.807, 2.05) is 40.7 Å². The molecule has 0 radical (unpaired) electrons. The summed E-state index contributed by atoms with van der Waals surface area (Å²) in [7, 11) is 0. The van der Waals surface area contributed by atoms with Gasteiger partial charge in [-0.05, 0) is 38.8 Å². The van der Waals surface area contributed by atoms with E-state index in [1.165, 1.54) is 4.57 Å². The van der Waals surface area contributed by atoms with Gasteiger partial charge in [0.2, 0.25) is 5.78 Å². The lowest BCUT2D eigenvalue weighted by atomic mass is 9.95. The molecule has 0 fully saturated rings. The van der Waals surface area contributed by atoms with Crippen LogP contribution in [0.1, 0.15) is 59.4 Å². The van der Waals surface area contributed by atoms with Crippen LogP contribution in [0.4, 0.5) is 0 Å². The average Bonchev–Trinajstić information content (AvgIpc) is 2.51. The van der Waals surface area contributed by atoms with Crippen molar-refractivity contribution < 1.29 is 4.79 Å². The van der Waals surface area contributed by atoms with Gasteiger partial charge >= 0.3 is 5.69 Å². The van der Waals surface area contributed by atoms with E-state index in [1.54, 1.807) is 24.3 Å². The number of carbonyl (C=O) groups is 1. The van der Waals surface area contributed by atoms with Gasteiger partial charge in [0.05, 0.1) is 0 Å². The van der Waals surface area contributed by atoms with Crippen LogP contribution in [-0.4, -0.2) is 15.3 Å². The first-order valence-corrected chi connectivity index (χ1v) is 8.37. The maximum absolute atomic E-state index is 13.2. The predicted octanol–water partition coefficient (Wildman–Crippen LogP) is 3.08. The van der Waals surface area contributed by atoms with Crippen LogP contribution in [0.3, 0.4) is 0 Å². The summed E-state index contributed by atoms with van der Waals surface area (Å²) in [6, 6.07) is 5.54. The van der Waals surface area contributed by atoms with Gasteiger partial charge in [-0.15, -0.1) is 0 Å². The highest BCUT2D eigenvalue weighted by molar-refractivity contribution is 6.09. The molecule has 0 aliphatic heterocycles. The number of aromatic nitrogens is 2. The van der Waals surface area contributed by atoms with E-state index in [0.29, 0.717) is 11.1 Å². The van der Waals surface area contributed by atoms with Gasteiger partial charge in [0.1, 0.15) is 5.69 Å². The fourth-order valence-electron chi connectivity index (χ4n) is 2.99. The third kappa shape index (κ3) is 3.87. The minimum Gasteiger partial charge on any atom is -0.287 e.